The van der Waals surface area contributed by atoms with E-state index in [2.05, 4.69) is 9.97 Å². The van der Waals surface area contributed by atoms with E-state index in [9.17, 15) is 14.0 Å². The van der Waals surface area contributed by atoms with Gasteiger partial charge in [0.15, 0.2) is 0 Å². The molecule has 0 unspecified atom stereocenters. The van der Waals surface area contributed by atoms with Crippen molar-refractivity contribution in [2.45, 2.75) is 19.9 Å². The van der Waals surface area contributed by atoms with E-state index >= 15 is 0 Å². The number of rotatable bonds is 2. The maximum absolute atomic E-state index is 14.0. The largest absolute Gasteiger partial charge is 0.334 e. The number of nitrogens with zero attached hydrogens (tertiary/aromatic N) is 2. The molecule has 6 heteroatoms. The zero-order chi connectivity index (χ0) is 19.0. The molecule has 1 amide bonds. The van der Waals surface area contributed by atoms with Gasteiger partial charge >= 0.3 is 0 Å². The van der Waals surface area contributed by atoms with Crippen LogP contribution in [0.3, 0.4) is 0 Å². The van der Waals surface area contributed by atoms with Crippen LogP contribution in [0.15, 0.2) is 53.3 Å². The van der Waals surface area contributed by atoms with Crippen molar-refractivity contribution in [2.75, 3.05) is 6.54 Å². The van der Waals surface area contributed by atoms with Crippen molar-refractivity contribution >= 4 is 5.91 Å². The highest BCUT2D eigenvalue weighted by molar-refractivity contribution is 5.94. The SMILES string of the molecule is Cc1ccc(C(=O)N2CCc3nc(-c4ccccc4F)[nH]c(=O)c3C2)cc1. The van der Waals surface area contributed by atoms with Gasteiger partial charge < -0.3 is 9.88 Å². The van der Waals surface area contributed by atoms with E-state index in [-0.39, 0.29) is 29.4 Å². The Labute approximate surface area is 155 Å². The van der Waals surface area contributed by atoms with Crippen molar-refractivity contribution in [3.63, 3.8) is 0 Å². The van der Waals surface area contributed by atoms with Crippen LogP contribution in [0, 0.1) is 12.7 Å². The Kier molecular flexibility index (Phi) is 4.32. The number of fused-ring (bicyclic) bond motifs is 1. The highest BCUT2D eigenvalue weighted by Gasteiger charge is 2.25. The third-order valence-corrected chi connectivity index (χ3v) is 4.78. The molecule has 4 rings (SSSR count). The lowest BCUT2D eigenvalue weighted by molar-refractivity contribution is 0.0732. The second kappa shape index (κ2) is 6.79. The van der Waals surface area contributed by atoms with Crippen molar-refractivity contribution in [3.8, 4) is 11.4 Å². The number of aromatic amines is 1. The van der Waals surface area contributed by atoms with Crippen molar-refractivity contribution in [2.24, 2.45) is 0 Å². The van der Waals surface area contributed by atoms with Crippen LogP contribution in [0.5, 0.6) is 0 Å². The molecule has 0 atom stereocenters. The van der Waals surface area contributed by atoms with E-state index in [1.165, 1.54) is 6.07 Å². The molecule has 0 saturated heterocycles. The van der Waals surface area contributed by atoms with Crippen molar-refractivity contribution in [1.29, 1.82) is 0 Å². The number of aryl methyl sites for hydroxylation is 1. The second-order valence-corrected chi connectivity index (χ2v) is 6.66. The molecule has 1 aliphatic rings. The van der Waals surface area contributed by atoms with Gasteiger partial charge in [0.2, 0.25) is 0 Å². The molecule has 1 aromatic heterocycles. The summed E-state index contributed by atoms with van der Waals surface area (Å²) in [5.74, 6) is -0.332. The van der Waals surface area contributed by atoms with Gasteiger partial charge in [-0.1, -0.05) is 29.8 Å². The fourth-order valence-electron chi connectivity index (χ4n) is 3.26. The van der Waals surface area contributed by atoms with Crippen molar-refractivity contribution in [3.05, 3.63) is 87.1 Å². The van der Waals surface area contributed by atoms with Gasteiger partial charge in [0, 0.05) is 18.5 Å². The van der Waals surface area contributed by atoms with E-state index in [0.717, 1.165) is 5.56 Å². The maximum atomic E-state index is 14.0. The zero-order valence-electron chi connectivity index (χ0n) is 14.8. The predicted molar refractivity (Wildman–Crippen MR) is 99.9 cm³/mol. The van der Waals surface area contributed by atoms with Crippen LogP contribution >= 0.6 is 0 Å². The number of aromatic nitrogens is 2. The molecule has 1 aliphatic heterocycles. The highest BCUT2D eigenvalue weighted by Crippen LogP contribution is 2.22. The number of benzene rings is 2. The fraction of sp³-hybridized carbons (Fsp3) is 0.190. The van der Waals surface area contributed by atoms with Gasteiger partial charge in [-0.15, -0.1) is 0 Å². The Bertz CT molecular complexity index is 1070. The number of halogens is 1. The average Bonchev–Trinajstić information content (AvgIpc) is 2.68. The van der Waals surface area contributed by atoms with Gasteiger partial charge in [0.05, 0.1) is 23.4 Å². The summed E-state index contributed by atoms with van der Waals surface area (Å²) in [7, 11) is 0. The molecule has 136 valence electrons. The molecule has 2 aromatic carbocycles. The van der Waals surface area contributed by atoms with Gasteiger partial charge in [0.1, 0.15) is 11.6 Å². The lowest BCUT2D eigenvalue weighted by Gasteiger charge is -2.28. The number of nitrogens with one attached hydrogen (secondary N) is 1. The number of carbonyl (C=O) groups is 1. The van der Waals surface area contributed by atoms with Gasteiger partial charge in [-0.2, -0.15) is 0 Å². The van der Waals surface area contributed by atoms with Gasteiger partial charge in [-0.05, 0) is 31.2 Å². The van der Waals surface area contributed by atoms with Gasteiger partial charge in [-0.25, -0.2) is 9.37 Å². The Morgan fingerprint density at radius 2 is 1.89 bits per heavy atom. The quantitative estimate of drug-likeness (QED) is 0.761. The van der Waals surface area contributed by atoms with Gasteiger partial charge in [0.25, 0.3) is 11.5 Å². The highest BCUT2D eigenvalue weighted by atomic mass is 19.1. The Hall–Kier alpha value is -3.28. The standard InChI is InChI=1S/C21H18FN3O2/c1-13-6-8-14(9-7-13)21(27)25-11-10-18-16(12-25)20(26)24-19(23-18)15-4-2-3-5-17(15)22/h2-9H,10-12H2,1H3,(H,23,24,26). The predicted octanol–water partition coefficient (Wildman–Crippen LogP) is 3.08. The minimum atomic E-state index is -0.437. The average molecular weight is 363 g/mol. The summed E-state index contributed by atoms with van der Waals surface area (Å²) in [6, 6.07) is 13.5. The van der Waals surface area contributed by atoms with Crippen LogP contribution in [0.25, 0.3) is 11.4 Å². The summed E-state index contributed by atoms with van der Waals surface area (Å²) in [6.07, 6.45) is 0.457. The Morgan fingerprint density at radius 3 is 2.63 bits per heavy atom. The lowest BCUT2D eigenvalue weighted by atomic mass is 10.0. The topological polar surface area (TPSA) is 66.1 Å². The monoisotopic (exact) mass is 363 g/mol. The minimum absolute atomic E-state index is 0.113. The van der Waals surface area contributed by atoms with E-state index in [1.807, 2.05) is 19.1 Å². The summed E-state index contributed by atoms with van der Waals surface area (Å²) in [6.45, 7) is 2.62. The summed E-state index contributed by atoms with van der Waals surface area (Å²) in [5.41, 5.74) is 2.68. The van der Waals surface area contributed by atoms with Crippen molar-refractivity contribution < 1.29 is 9.18 Å². The second-order valence-electron chi connectivity index (χ2n) is 6.66. The molecule has 0 aliphatic carbocycles. The van der Waals surface area contributed by atoms with Crippen LogP contribution < -0.4 is 5.56 Å². The van der Waals surface area contributed by atoms with E-state index in [1.54, 1.807) is 35.2 Å². The first-order chi connectivity index (χ1) is 13.0. The molecule has 2 heterocycles. The smallest absolute Gasteiger partial charge is 0.256 e. The Balaban J connectivity index is 1.64. The summed E-state index contributed by atoms with van der Waals surface area (Å²) < 4.78 is 14.0. The van der Waals surface area contributed by atoms with Crippen LogP contribution in [0.1, 0.15) is 27.2 Å². The maximum Gasteiger partial charge on any atom is 0.256 e. The number of hydrogen-bond acceptors (Lipinski definition) is 3. The third kappa shape index (κ3) is 3.26. The molecule has 0 spiro atoms. The number of amides is 1. The summed E-state index contributed by atoms with van der Waals surface area (Å²) >= 11 is 0. The third-order valence-electron chi connectivity index (χ3n) is 4.78. The van der Waals surface area contributed by atoms with E-state index in [4.69, 9.17) is 0 Å². The molecular weight excluding hydrogens is 345 g/mol. The molecule has 0 saturated carbocycles. The summed E-state index contributed by atoms with van der Waals surface area (Å²) in [4.78, 5) is 34.0. The molecule has 0 bridgehead atoms. The van der Waals surface area contributed by atoms with Gasteiger partial charge in [-0.3, -0.25) is 9.59 Å². The first-order valence-electron chi connectivity index (χ1n) is 8.76. The van der Waals surface area contributed by atoms with Crippen LogP contribution in [0.4, 0.5) is 4.39 Å². The van der Waals surface area contributed by atoms with Crippen LogP contribution in [-0.2, 0) is 13.0 Å². The van der Waals surface area contributed by atoms with E-state index < -0.39 is 5.82 Å². The number of carbonyl (C=O) groups excluding carboxylic acids is 1. The molecule has 5 nitrogen and oxygen atoms in total. The number of H-pyrrole nitrogens is 1. The summed E-state index contributed by atoms with van der Waals surface area (Å²) in [5, 5.41) is 0. The Morgan fingerprint density at radius 1 is 1.15 bits per heavy atom. The van der Waals surface area contributed by atoms with Crippen LogP contribution in [0.2, 0.25) is 0 Å². The molecule has 0 fully saturated rings. The lowest BCUT2D eigenvalue weighted by Crippen LogP contribution is -2.39. The molecular formula is C21H18FN3O2. The normalized spacial score (nSPS) is 13.3. The van der Waals surface area contributed by atoms with Crippen molar-refractivity contribution in [1.82, 2.24) is 14.9 Å². The molecule has 0 radical (unpaired) electrons. The number of hydrogen-bond donors (Lipinski definition) is 1. The minimum Gasteiger partial charge on any atom is -0.334 e. The van der Waals surface area contributed by atoms with Crippen LogP contribution in [-0.4, -0.2) is 27.3 Å². The molecule has 27 heavy (non-hydrogen) atoms. The first kappa shape index (κ1) is 17.1. The zero-order valence-corrected chi connectivity index (χ0v) is 14.8. The first-order valence-corrected chi connectivity index (χ1v) is 8.76. The molecule has 3 aromatic rings. The fourth-order valence-corrected chi connectivity index (χ4v) is 3.26. The molecule has 1 N–H and O–H groups in total. The van der Waals surface area contributed by atoms with E-state index in [0.29, 0.717) is 29.8 Å².